The second-order valence-corrected chi connectivity index (χ2v) is 3.91. The molecule has 0 atom stereocenters. The topological polar surface area (TPSA) is 47.1 Å². The maximum absolute atomic E-state index is 5.54. The predicted octanol–water partition coefficient (Wildman–Crippen LogP) is 0.951. The summed E-state index contributed by atoms with van der Waals surface area (Å²) in [5.41, 5.74) is 5.54. The zero-order valence-electron chi connectivity index (χ0n) is 8.52. The first-order chi connectivity index (χ1) is 6.84. The number of hydrogen-bond acceptors (Lipinski definition) is 3. The van der Waals surface area contributed by atoms with Crippen molar-refractivity contribution in [1.29, 1.82) is 0 Å². The first-order valence-corrected chi connectivity index (χ1v) is 5.36. The van der Waals surface area contributed by atoms with E-state index in [1.165, 1.54) is 32.4 Å². The molecule has 0 amide bonds. The Morgan fingerprint density at radius 2 is 2.00 bits per heavy atom. The van der Waals surface area contributed by atoms with E-state index in [2.05, 4.69) is 10.00 Å². The van der Waals surface area contributed by atoms with Crippen molar-refractivity contribution in [3.8, 4) is 0 Å². The van der Waals surface area contributed by atoms with Gasteiger partial charge in [-0.15, -0.1) is 0 Å². The Bertz CT molecular complexity index is 275. The van der Waals surface area contributed by atoms with Crippen LogP contribution in [0, 0.1) is 0 Å². The lowest BCUT2D eigenvalue weighted by Gasteiger charge is -2.26. The third kappa shape index (κ3) is 2.48. The van der Waals surface area contributed by atoms with Crippen molar-refractivity contribution < 1.29 is 0 Å². The molecule has 1 aliphatic rings. The van der Waals surface area contributed by atoms with Gasteiger partial charge in [0.2, 0.25) is 0 Å². The number of piperidine rings is 1. The SMILES string of the molecule is Nc1ccn(CCN2CCCCC2)n1. The highest BCUT2D eigenvalue weighted by molar-refractivity contribution is 5.23. The molecule has 4 nitrogen and oxygen atoms in total. The molecule has 1 fully saturated rings. The van der Waals surface area contributed by atoms with Gasteiger partial charge in [0.25, 0.3) is 0 Å². The van der Waals surface area contributed by atoms with Gasteiger partial charge in [0.05, 0.1) is 6.54 Å². The van der Waals surface area contributed by atoms with Gasteiger partial charge in [-0.1, -0.05) is 6.42 Å². The average molecular weight is 194 g/mol. The Morgan fingerprint density at radius 1 is 1.21 bits per heavy atom. The fourth-order valence-corrected chi connectivity index (χ4v) is 1.93. The zero-order valence-corrected chi connectivity index (χ0v) is 8.52. The molecular formula is C10H18N4. The average Bonchev–Trinajstić information content (AvgIpc) is 2.63. The Hall–Kier alpha value is -1.03. The van der Waals surface area contributed by atoms with Gasteiger partial charge < -0.3 is 10.6 Å². The van der Waals surface area contributed by atoms with E-state index in [4.69, 9.17) is 5.73 Å². The minimum Gasteiger partial charge on any atom is -0.382 e. The van der Waals surface area contributed by atoms with Crippen molar-refractivity contribution in [3.63, 3.8) is 0 Å². The molecule has 78 valence electrons. The van der Waals surface area contributed by atoms with Crippen LogP contribution >= 0.6 is 0 Å². The van der Waals surface area contributed by atoms with Gasteiger partial charge >= 0.3 is 0 Å². The number of likely N-dealkylation sites (tertiary alicyclic amines) is 1. The van der Waals surface area contributed by atoms with Crippen LogP contribution in [0.4, 0.5) is 5.82 Å². The second-order valence-electron chi connectivity index (χ2n) is 3.91. The minimum absolute atomic E-state index is 0.614. The fraction of sp³-hybridized carbons (Fsp3) is 0.700. The van der Waals surface area contributed by atoms with E-state index in [1.54, 1.807) is 0 Å². The van der Waals surface area contributed by atoms with Gasteiger partial charge in [-0.2, -0.15) is 5.10 Å². The maximum atomic E-state index is 5.54. The zero-order chi connectivity index (χ0) is 9.80. The quantitative estimate of drug-likeness (QED) is 0.779. The first kappa shape index (κ1) is 9.52. The molecule has 2 heterocycles. The first-order valence-electron chi connectivity index (χ1n) is 5.36. The molecule has 0 aromatic carbocycles. The highest BCUT2D eigenvalue weighted by Gasteiger charge is 2.09. The van der Waals surface area contributed by atoms with Crippen LogP contribution in [0.15, 0.2) is 12.3 Å². The predicted molar refractivity (Wildman–Crippen MR) is 56.9 cm³/mol. The van der Waals surface area contributed by atoms with Gasteiger partial charge in [0.1, 0.15) is 5.82 Å². The largest absolute Gasteiger partial charge is 0.382 e. The van der Waals surface area contributed by atoms with Crippen LogP contribution < -0.4 is 5.73 Å². The van der Waals surface area contributed by atoms with Gasteiger partial charge in [-0.25, -0.2) is 0 Å². The van der Waals surface area contributed by atoms with E-state index in [0.717, 1.165) is 13.1 Å². The minimum atomic E-state index is 0.614. The van der Waals surface area contributed by atoms with Crippen molar-refractivity contribution >= 4 is 5.82 Å². The van der Waals surface area contributed by atoms with Crippen molar-refractivity contribution in [2.45, 2.75) is 25.8 Å². The molecule has 14 heavy (non-hydrogen) atoms. The molecule has 0 saturated carbocycles. The van der Waals surface area contributed by atoms with E-state index in [1.807, 2.05) is 16.9 Å². The molecular weight excluding hydrogens is 176 g/mol. The molecule has 1 aromatic rings. The van der Waals surface area contributed by atoms with Gasteiger partial charge in [-0.3, -0.25) is 4.68 Å². The summed E-state index contributed by atoms with van der Waals surface area (Å²) in [6.45, 7) is 4.55. The second kappa shape index (κ2) is 4.46. The van der Waals surface area contributed by atoms with Crippen molar-refractivity contribution in [2.24, 2.45) is 0 Å². The summed E-state index contributed by atoms with van der Waals surface area (Å²) in [6, 6.07) is 1.84. The lowest BCUT2D eigenvalue weighted by Crippen LogP contribution is -2.32. The van der Waals surface area contributed by atoms with Crippen LogP contribution in [0.2, 0.25) is 0 Å². The molecule has 2 rings (SSSR count). The molecule has 0 radical (unpaired) electrons. The third-order valence-corrected chi connectivity index (χ3v) is 2.76. The molecule has 0 bridgehead atoms. The van der Waals surface area contributed by atoms with E-state index >= 15 is 0 Å². The van der Waals surface area contributed by atoms with Crippen LogP contribution in [-0.2, 0) is 6.54 Å². The Balaban J connectivity index is 1.76. The summed E-state index contributed by atoms with van der Waals surface area (Å²) in [4.78, 5) is 2.50. The van der Waals surface area contributed by atoms with Crippen LogP contribution in [0.3, 0.4) is 0 Å². The number of hydrogen-bond donors (Lipinski definition) is 1. The lowest BCUT2D eigenvalue weighted by atomic mass is 10.1. The molecule has 1 aliphatic heterocycles. The number of aromatic nitrogens is 2. The van der Waals surface area contributed by atoms with E-state index in [0.29, 0.717) is 5.82 Å². The standard InChI is InChI=1S/C10H18N4/c11-10-4-7-14(12-10)9-8-13-5-2-1-3-6-13/h4,7H,1-3,5-6,8-9H2,(H2,11,12). The number of nitrogens with two attached hydrogens (primary N) is 1. The molecule has 2 N–H and O–H groups in total. The summed E-state index contributed by atoms with van der Waals surface area (Å²) in [5, 5.41) is 4.16. The number of nitrogen functional groups attached to an aromatic ring is 1. The van der Waals surface area contributed by atoms with Gasteiger partial charge in [-0.05, 0) is 32.0 Å². The van der Waals surface area contributed by atoms with E-state index in [-0.39, 0.29) is 0 Å². The maximum Gasteiger partial charge on any atom is 0.145 e. The monoisotopic (exact) mass is 194 g/mol. The number of anilines is 1. The van der Waals surface area contributed by atoms with E-state index < -0.39 is 0 Å². The normalized spacial score (nSPS) is 18.6. The van der Waals surface area contributed by atoms with Crippen LogP contribution in [0.25, 0.3) is 0 Å². The Labute approximate surface area is 84.7 Å². The fourth-order valence-electron chi connectivity index (χ4n) is 1.93. The summed E-state index contributed by atoms with van der Waals surface area (Å²) in [7, 11) is 0. The Kier molecular flexibility index (Phi) is 3.03. The highest BCUT2D eigenvalue weighted by Crippen LogP contribution is 2.08. The molecule has 4 heteroatoms. The van der Waals surface area contributed by atoms with Crippen molar-refractivity contribution in [1.82, 2.24) is 14.7 Å². The van der Waals surface area contributed by atoms with Gasteiger partial charge in [0, 0.05) is 12.7 Å². The van der Waals surface area contributed by atoms with Crippen molar-refractivity contribution in [2.75, 3.05) is 25.4 Å². The highest BCUT2D eigenvalue weighted by atomic mass is 15.3. The van der Waals surface area contributed by atoms with E-state index in [9.17, 15) is 0 Å². The lowest BCUT2D eigenvalue weighted by molar-refractivity contribution is 0.218. The number of rotatable bonds is 3. The van der Waals surface area contributed by atoms with Crippen LogP contribution in [0.1, 0.15) is 19.3 Å². The molecule has 1 aromatic heterocycles. The molecule has 0 aliphatic carbocycles. The molecule has 1 saturated heterocycles. The number of nitrogens with zero attached hydrogens (tertiary/aromatic N) is 3. The summed E-state index contributed by atoms with van der Waals surface area (Å²) >= 11 is 0. The summed E-state index contributed by atoms with van der Waals surface area (Å²) in [5.74, 6) is 0.614. The molecule has 0 unspecified atom stereocenters. The Morgan fingerprint density at radius 3 is 2.64 bits per heavy atom. The van der Waals surface area contributed by atoms with Crippen LogP contribution in [-0.4, -0.2) is 34.3 Å². The van der Waals surface area contributed by atoms with Crippen molar-refractivity contribution in [3.05, 3.63) is 12.3 Å². The van der Waals surface area contributed by atoms with Crippen LogP contribution in [0.5, 0.6) is 0 Å². The summed E-state index contributed by atoms with van der Waals surface area (Å²) < 4.78 is 1.92. The molecule has 0 spiro atoms. The third-order valence-electron chi connectivity index (χ3n) is 2.76. The smallest absolute Gasteiger partial charge is 0.145 e. The van der Waals surface area contributed by atoms with Gasteiger partial charge in [0.15, 0.2) is 0 Å². The summed E-state index contributed by atoms with van der Waals surface area (Å²) in [6.07, 6.45) is 6.03.